The summed E-state index contributed by atoms with van der Waals surface area (Å²) in [5.41, 5.74) is 3.79. The molecule has 0 N–H and O–H groups in total. The molecular formula is C31H37N5O4. The van der Waals surface area contributed by atoms with E-state index in [9.17, 15) is 9.59 Å². The fourth-order valence-electron chi connectivity index (χ4n) is 6.07. The van der Waals surface area contributed by atoms with Crippen molar-refractivity contribution in [1.82, 2.24) is 19.8 Å². The van der Waals surface area contributed by atoms with Crippen molar-refractivity contribution in [2.75, 3.05) is 32.2 Å². The zero-order valence-corrected chi connectivity index (χ0v) is 24.1. The standard InChI is InChI=1S/C31H37N5O4/c1-20(2)17-34-13-11-31(25-10-9-24(39-5)14-27(25)34)29(37)35(19-26-22(4)28(40-6)21(3)15-33-26)30(38)36(31)18-23-8-7-12-32-16-23/h7-10,12,14-16,20H,11,13,17-19H2,1-6H3. The third-order valence-corrected chi connectivity index (χ3v) is 7.96. The molecule has 2 aliphatic heterocycles. The molecule has 1 unspecified atom stereocenters. The van der Waals surface area contributed by atoms with Gasteiger partial charge in [-0.15, -0.1) is 0 Å². The number of pyridine rings is 2. The number of aromatic nitrogens is 2. The van der Waals surface area contributed by atoms with Crippen molar-refractivity contribution in [1.29, 1.82) is 0 Å². The van der Waals surface area contributed by atoms with Gasteiger partial charge in [-0.25, -0.2) is 4.79 Å². The SMILES string of the molecule is COc1ccc2c(c1)N(CC(C)C)CCC21C(=O)N(Cc2ncc(C)c(OC)c2C)C(=O)N1Cc1cccnc1. The minimum atomic E-state index is -1.16. The summed E-state index contributed by atoms with van der Waals surface area (Å²) >= 11 is 0. The summed E-state index contributed by atoms with van der Waals surface area (Å²) in [5.74, 6) is 1.61. The maximum atomic E-state index is 14.6. The van der Waals surface area contributed by atoms with Gasteiger partial charge in [0, 0.05) is 66.5 Å². The Morgan fingerprint density at radius 3 is 2.52 bits per heavy atom. The van der Waals surface area contributed by atoms with Gasteiger partial charge in [0.25, 0.3) is 5.91 Å². The average Bonchev–Trinajstić information content (AvgIpc) is 3.13. The zero-order chi connectivity index (χ0) is 28.6. The Hall–Kier alpha value is -4.14. The molecule has 9 heteroatoms. The molecule has 0 aliphatic carbocycles. The van der Waals surface area contributed by atoms with Crippen LogP contribution in [0.1, 0.15) is 48.2 Å². The van der Waals surface area contributed by atoms with E-state index in [1.807, 2.05) is 44.2 Å². The van der Waals surface area contributed by atoms with Crippen LogP contribution in [-0.2, 0) is 23.4 Å². The summed E-state index contributed by atoms with van der Waals surface area (Å²) in [4.78, 5) is 43.1. The number of hydrogen-bond acceptors (Lipinski definition) is 7. The Morgan fingerprint density at radius 1 is 1.05 bits per heavy atom. The van der Waals surface area contributed by atoms with Crippen molar-refractivity contribution in [3.8, 4) is 11.5 Å². The lowest BCUT2D eigenvalue weighted by molar-refractivity contribution is -0.134. The summed E-state index contributed by atoms with van der Waals surface area (Å²) in [5, 5.41) is 0. The largest absolute Gasteiger partial charge is 0.497 e. The zero-order valence-electron chi connectivity index (χ0n) is 24.1. The van der Waals surface area contributed by atoms with Crippen molar-refractivity contribution in [2.24, 2.45) is 5.92 Å². The monoisotopic (exact) mass is 543 g/mol. The van der Waals surface area contributed by atoms with Crippen LogP contribution in [0.25, 0.3) is 0 Å². The fraction of sp³-hybridized carbons (Fsp3) is 0.419. The molecule has 0 radical (unpaired) electrons. The maximum absolute atomic E-state index is 14.6. The first-order chi connectivity index (χ1) is 19.2. The summed E-state index contributed by atoms with van der Waals surface area (Å²) in [7, 11) is 3.25. The van der Waals surface area contributed by atoms with E-state index in [0.717, 1.165) is 34.5 Å². The Morgan fingerprint density at radius 2 is 1.85 bits per heavy atom. The van der Waals surface area contributed by atoms with Crippen molar-refractivity contribution in [3.05, 3.63) is 76.9 Å². The highest BCUT2D eigenvalue weighted by Crippen LogP contribution is 2.49. The van der Waals surface area contributed by atoms with Gasteiger partial charge >= 0.3 is 6.03 Å². The third-order valence-electron chi connectivity index (χ3n) is 7.96. The molecule has 40 heavy (non-hydrogen) atoms. The first kappa shape index (κ1) is 27.4. The predicted octanol–water partition coefficient (Wildman–Crippen LogP) is 4.84. The van der Waals surface area contributed by atoms with E-state index in [1.54, 1.807) is 37.7 Å². The number of methoxy groups -OCH3 is 2. The molecule has 4 heterocycles. The first-order valence-electron chi connectivity index (χ1n) is 13.7. The molecule has 1 saturated heterocycles. The number of aryl methyl sites for hydroxylation is 1. The summed E-state index contributed by atoms with van der Waals surface area (Å²) in [6.07, 6.45) is 5.65. The van der Waals surface area contributed by atoms with E-state index in [-0.39, 0.29) is 25.0 Å². The fourth-order valence-corrected chi connectivity index (χ4v) is 6.07. The smallest absolute Gasteiger partial charge is 0.328 e. The van der Waals surface area contributed by atoms with Gasteiger partial charge in [0.05, 0.1) is 33.0 Å². The molecule has 0 bridgehead atoms. The molecule has 1 fully saturated rings. The number of nitrogens with zero attached hydrogens (tertiary/aromatic N) is 5. The number of hydrogen-bond donors (Lipinski definition) is 0. The lowest BCUT2D eigenvalue weighted by Crippen LogP contribution is -2.53. The number of carbonyl (C=O) groups excluding carboxylic acids is 2. The molecule has 2 aliphatic rings. The quantitative estimate of drug-likeness (QED) is 0.376. The van der Waals surface area contributed by atoms with Crippen LogP contribution >= 0.6 is 0 Å². The van der Waals surface area contributed by atoms with Crippen LogP contribution in [-0.4, -0.2) is 59.0 Å². The van der Waals surface area contributed by atoms with Crippen LogP contribution in [0.15, 0.2) is 48.9 Å². The Bertz CT molecular complexity index is 1430. The molecule has 9 nitrogen and oxygen atoms in total. The average molecular weight is 544 g/mol. The topological polar surface area (TPSA) is 88.1 Å². The van der Waals surface area contributed by atoms with Gasteiger partial charge in [0.2, 0.25) is 0 Å². The molecule has 1 spiro atoms. The van der Waals surface area contributed by atoms with Crippen molar-refractivity contribution in [3.63, 3.8) is 0 Å². The number of carbonyl (C=O) groups is 2. The molecular weight excluding hydrogens is 506 g/mol. The number of anilines is 1. The Labute approximate surface area is 235 Å². The number of ether oxygens (including phenoxy) is 2. The molecule has 210 valence electrons. The Kier molecular flexibility index (Phi) is 7.40. The highest BCUT2D eigenvalue weighted by atomic mass is 16.5. The molecule has 1 aromatic carbocycles. The third kappa shape index (κ3) is 4.53. The number of benzene rings is 1. The van der Waals surface area contributed by atoms with E-state index in [2.05, 4.69) is 28.7 Å². The number of fused-ring (bicyclic) bond motifs is 2. The highest BCUT2D eigenvalue weighted by molar-refractivity contribution is 6.08. The minimum Gasteiger partial charge on any atom is -0.497 e. The van der Waals surface area contributed by atoms with Gasteiger partial charge in [-0.05, 0) is 37.5 Å². The van der Waals surface area contributed by atoms with E-state index in [0.29, 0.717) is 36.1 Å². The lowest BCUT2D eigenvalue weighted by atomic mass is 9.80. The van der Waals surface area contributed by atoms with Crippen molar-refractivity contribution < 1.29 is 19.1 Å². The molecule has 2 aromatic heterocycles. The molecule has 1 atom stereocenters. The van der Waals surface area contributed by atoms with Gasteiger partial charge in [0.1, 0.15) is 11.5 Å². The van der Waals surface area contributed by atoms with Crippen LogP contribution in [0.3, 0.4) is 0 Å². The molecule has 0 saturated carbocycles. The van der Waals surface area contributed by atoms with Gasteiger partial charge in [-0.3, -0.25) is 19.7 Å². The van der Waals surface area contributed by atoms with Crippen LogP contribution in [0.2, 0.25) is 0 Å². The minimum absolute atomic E-state index is 0.0621. The molecule has 3 amide bonds. The molecule has 5 rings (SSSR count). The number of amides is 3. The summed E-state index contributed by atoms with van der Waals surface area (Å²) in [6, 6.07) is 9.24. The van der Waals surface area contributed by atoms with Crippen molar-refractivity contribution >= 4 is 17.6 Å². The summed E-state index contributed by atoms with van der Waals surface area (Å²) < 4.78 is 11.2. The highest BCUT2D eigenvalue weighted by Gasteiger charge is 2.60. The van der Waals surface area contributed by atoms with Crippen LogP contribution in [0.4, 0.5) is 10.5 Å². The molecule has 3 aromatic rings. The second kappa shape index (κ2) is 10.8. The van der Waals surface area contributed by atoms with Gasteiger partial charge < -0.3 is 19.3 Å². The van der Waals surface area contributed by atoms with Crippen LogP contribution < -0.4 is 14.4 Å². The van der Waals surface area contributed by atoms with E-state index in [4.69, 9.17) is 9.47 Å². The van der Waals surface area contributed by atoms with Gasteiger partial charge in [0.15, 0.2) is 5.54 Å². The predicted molar refractivity (Wildman–Crippen MR) is 152 cm³/mol. The normalized spacial score (nSPS) is 18.6. The number of rotatable bonds is 8. The van der Waals surface area contributed by atoms with Crippen LogP contribution in [0.5, 0.6) is 11.5 Å². The van der Waals surface area contributed by atoms with E-state index >= 15 is 0 Å². The second-order valence-electron chi connectivity index (χ2n) is 11.0. The first-order valence-corrected chi connectivity index (χ1v) is 13.7. The van der Waals surface area contributed by atoms with Crippen molar-refractivity contribution in [2.45, 2.75) is 52.7 Å². The van der Waals surface area contributed by atoms with Crippen LogP contribution in [0, 0.1) is 19.8 Å². The summed E-state index contributed by atoms with van der Waals surface area (Å²) in [6.45, 7) is 9.97. The van der Waals surface area contributed by atoms with Gasteiger partial charge in [-0.1, -0.05) is 26.0 Å². The number of urea groups is 1. The van der Waals surface area contributed by atoms with Gasteiger partial charge in [-0.2, -0.15) is 0 Å². The van der Waals surface area contributed by atoms with E-state index in [1.165, 1.54) is 4.90 Å². The number of imide groups is 1. The Balaban J connectivity index is 1.64. The van der Waals surface area contributed by atoms with E-state index < -0.39 is 5.54 Å². The maximum Gasteiger partial charge on any atom is 0.328 e. The lowest BCUT2D eigenvalue weighted by Gasteiger charge is -2.45. The second-order valence-corrected chi connectivity index (χ2v) is 11.0.